The molecule has 1 rings (SSSR count). The molecule has 88 valence electrons. The summed E-state index contributed by atoms with van der Waals surface area (Å²) in [6.45, 7) is 5.77. The minimum atomic E-state index is -1.12. The highest BCUT2D eigenvalue weighted by Crippen LogP contribution is 2.18. The molecule has 1 aromatic heterocycles. The SMILES string of the molecule is CCOC(C)c1nc(C)c(C(=O)O)c(N)n1. The third kappa shape index (κ3) is 2.46. The molecule has 16 heavy (non-hydrogen) atoms. The Labute approximate surface area is 93.5 Å². The summed E-state index contributed by atoms with van der Waals surface area (Å²) in [5.74, 6) is -0.742. The van der Waals surface area contributed by atoms with Gasteiger partial charge in [0.1, 0.15) is 17.5 Å². The molecule has 1 atom stereocenters. The van der Waals surface area contributed by atoms with Gasteiger partial charge in [-0.25, -0.2) is 14.8 Å². The van der Waals surface area contributed by atoms with Gasteiger partial charge in [0.2, 0.25) is 0 Å². The average Bonchev–Trinajstić information content (AvgIpc) is 2.16. The Balaban J connectivity index is 3.14. The van der Waals surface area contributed by atoms with E-state index in [1.165, 1.54) is 0 Å². The zero-order valence-electron chi connectivity index (χ0n) is 9.52. The van der Waals surface area contributed by atoms with Crippen molar-refractivity contribution in [1.29, 1.82) is 0 Å². The molecule has 3 N–H and O–H groups in total. The highest BCUT2D eigenvalue weighted by molar-refractivity contribution is 5.93. The summed E-state index contributed by atoms with van der Waals surface area (Å²) >= 11 is 0. The van der Waals surface area contributed by atoms with Crippen LogP contribution >= 0.6 is 0 Å². The summed E-state index contributed by atoms with van der Waals surface area (Å²) in [5.41, 5.74) is 5.87. The average molecular weight is 225 g/mol. The fraction of sp³-hybridized carbons (Fsp3) is 0.500. The summed E-state index contributed by atoms with van der Waals surface area (Å²) in [6, 6.07) is 0. The Morgan fingerprint density at radius 1 is 1.56 bits per heavy atom. The molecule has 0 aliphatic heterocycles. The molecule has 0 radical (unpaired) electrons. The van der Waals surface area contributed by atoms with Crippen molar-refractivity contribution in [3.63, 3.8) is 0 Å². The van der Waals surface area contributed by atoms with Crippen LogP contribution in [0.2, 0.25) is 0 Å². The van der Waals surface area contributed by atoms with Gasteiger partial charge >= 0.3 is 5.97 Å². The first kappa shape index (κ1) is 12.4. The lowest BCUT2D eigenvalue weighted by atomic mass is 10.2. The Kier molecular flexibility index (Phi) is 3.78. The Hall–Kier alpha value is -1.69. The molecule has 0 amide bonds. The number of hydrogen-bond acceptors (Lipinski definition) is 5. The van der Waals surface area contributed by atoms with Gasteiger partial charge in [-0.05, 0) is 20.8 Å². The predicted octanol–water partition coefficient (Wildman–Crippen LogP) is 1.16. The van der Waals surface area contributed by atoms with Crippen molar-refractivity contribution in [2.24, 2.45) is 0 Å². The van der Waals surface area contributed by atoms with Crippen molar-refractivity contribution < 1.29 is 14.6 Å². The molecule has 1 aromatic rings. The third-order valence-electron chi connectivity index (χ3n) is 2.13. The number of aryl methyl sites for hydroxylation is 1. The van der Waals surface area contributed by atoms with Crippen LogP contribution in [0.1, 0.15) is 41.8 Å². The van der Waals surface area contributed by atoms with Crippen molar-refractivity contribution in [3.8, 4) is 0 Å². The number of ether oxygens (including phenoxy) is 1. The van der Waals surface area contributed by atoms with E-state index in [1.807, 2.05) is 6.92 Å². The van der Waals surface area contributed by atoms with Gasteiger partial charge in [0, 0.05) is 6.61 Å². The highest BCUT2D eigenvalue weighted by Gasteiger charge is 2.18. The van der Waals surface area contributed by atoms with Crippen LogP contribution in [-0.2, 0) is 4.74 Å². The standard InChI is InChI=1S/C10H15N3O3/c1-4-16-6(3)9-12-5(2)7(10(14)15)8(11)13-9/h6H,4H2,1-3H3,(H,14,15)(H2,11,12,13). The molecule has 0 fully saturated rings. The quantitative estimate of drug-likeness (QED) is 0.797. The number of hydrogen-bond donors (Lipinski definition) is 2. The number of anilines is 1. The van der Waals surface area contributed by atoms with Crippen LogP contribution in [0, 0.1) is 6.92 Å². The maximum atomic E-state index is 10.9. The van der Waals surface area contributed by atoms with E-state index >= 15 is 0 Å². The van der Waals surface area contributed by atoms with Gasteiger partial charge in [-0.15, -0.1) is 0 Å². The fourth-order valence-electron chi connectivity index (χ4n) is 1.39. The summed E-state index contributed by atoms with van der Waals surface area (Å²) < 4.78 is 5.31. The largest absolute Gasteiger partial charge is 0.477 e. The van der Waals surface area contributed by atoms with Crippen molar-refractivity contribution >= 4 is 11.8 Å². The van der Waals surface area contributed by atoms with Gasteiger partial charge in [-0.2, -0.15) is 0 Å². The molecular formula is C10H15N3O3. The number of carboxylic acid groups (broad SMARTS) is 1. The van der Waals surface area contributed by atoms with E-state index in [0.717, 1.165) is 0 Å². The van der Waals surface area contributed by atoms with Crippen molar-refractivity contribution in [1.82, 2.24) is 9.97 Å². The molecule has 6 heteroatoms. The number of aromatic nitrogens is 2. The predicted molar refractivity (Wildman–Crippen MR) is 58.2 cm³/mol. The second-order valence-electron chi connectivity index (χ2n) is 3.33. The van der Waals surface area contributed by atoms with E-state index in [9.17, 15) is 4.79 Å². The van der Waals surface area contributed by atoms with Crippen molar-refractivity contribution in [3.05, 3.63) is 17.1 Å². The maximum absolute atomic E-state index is 10.9. The lowest BCUT2D eigenvalue weighted by Gasteiger charge is -2.12. The number of carboxylic acids is 1. The fourth-order valence-corrected chi connectivity index (χ4v) is 1.39. The Morgan fingerprint density at radius 2 is 2.19 bits per heavy atom. The number of rotatable bonds is 4. The molecule has 0 saturated carbocycles. The number of nitrogens with zero attached hydrogens (tertiary/aromatic N) is 2. The number of aromatic carboxylic acids is 1. The third-order valence-corrected chi connectivity index (χ3v) is 2.13. The van der Waals surface area contributed by atoms with Crippen LogP contribution in [0.3, 0.4) is 0 Å². The van der Waals surface area contributed by atoms with Crippen LogP contribution < -0.4 is 5.73 Å². The minimum Gasteiger partial charge on any atom is -0.477 e. The van der Waals surface area contributed by atoms with Crippen LogP contribution in [0.15, 0.2) is 0 Å². The normalized spacial score (nSPS) is 12.4. The summed E-state index contributed by atoms with van der Waals surface area (Å²) in [4.78, 5) is 18.9. The van der Waals surface area contributed by atoms with E-state index in [-0.39, 0.29) is 17.5 Å². The van der Waals surface area contributed by atoms with E-state index in [0.29, 0.717) is 18.1 Å². The summed E-state index contributed by atoms with van der Waals surface area (Å²) in [6.07, 6.45) is -0.297. The summed E-state index contributed by atoms with van der Waals surface area (Å²) in [7, 11) is 0. The lowest BCUT2D eigenvalue weighted by Crippen LogP contribution is -2.14. The van der Waals surface area contributed by atoms with E-state index < -0.39 is 5.97 Å². The molecule has 0 spiro atoms. The van der Waals surface area contributed by atoms with Crippen LogP contribution in [0.5, 0.6) is 0 Å². The van der Waals surface area contributed by atoms with Crippen LogP contribution in [0.4, 0.5) is 5.82 Å². The van der Waals surface area contributed by atoms with E-state index in [4.69, 9.17) is 15.6 Å². The van der Waals surface area contributed by atoms with Gasteiger partial charge in [-0.3, -0.25) is 0 Å². The first-order chi connectivity index (χ1) is 7.47. The van der Waals surface area contributed by atoms with Gasteiger partial charge in [0.05, 0.1) is 5.69 Å². The van der Waals surface area contributed by atoms with Gasteiger partial charge in [0.25, 0.3) is 0 Å². The Bertz CT molecular complexity index is 383. The number of nitrogens with two attached hydrogens (primary N) is 1. The highest BCUT2D eigenvalue weighted by atomic mass is 16.5. The topological polar surface area (TPSA) is 98.3 Å². The zero-order chi connectivity index (χ0) is 12.3. The van der Waals surface area contributed by atoms with E-state index in [1.54, 1.807) is 13.8 Å². The number of carbonyl (C=O) groups is 1. The minimum absolute atomic E-state index is 0.0263. The van der Waals surface area contributed by atoms with Crippen LogP contribution in [-0.4, -0.2) is 27.7 Å². The molecule has 0 aliphatic rings. The molecule has 6 nitrogen and oxygen atoms in total. The summed E-state index contributed by atoms with van der Waals surface area (Å²) in [5, 5.41) is 8.89. The van der Waals surface area contributed by atoms with Gasteiger partial charge < -0.3 is 15.6 Å². The molecule has 0 aromatic carbocycles. The van der Waals surface area contributed by atoms with Gasteiger partial charge in [-0.1, -0.05) is 0 Å². The lowest BCUT2D eigenvalue weighted by molar-refractivity contribution is 0.0676. The molecule has 0 bridgehead atoms. The monoisotopic (exact) mass is 225 g/mol. The zero-order valence-corrected chi connectivity index (χ0v) is 9.52. The number of nitrogen functional groups attached to an aromatic ring is 1. The second-order valence-corrected chi connectivity index (χ2v) is 3.33. The molecule has 1 heterocycles. The van der Waals surface area contributed by atoms with E-state index in [2.05, 4.69) is 9.97 Å². The first-order valence-electron chi connectivity index (χ1n) is 4.96. The van der Waals surface area contributed by atoms with Crippen LogP contribution in [0.25, 0.3) is 0 Å². The molecular weight excluding hydrogens is 210 g/mol. The van der Waals surface area contributed by atoms with Gasteiger partial charge in [0.15, 0.2) is 5.82 Å². The molecule has 1 unspecified atom stereocenters. The molecule has 0 saturated heterocycles. The second kappa shape index (κ2) is 4.89. The van der Waals surface area contributed by atoms with Crippen molar-refractivity contribution in [2.75, 3.05) is 12.3 Å². The van der Waals surface area contributed by atoms with Crippen molar-refractivity contribution in [2.45, 2.75) is 26.9 Å². The first-order valence-corrected chi connectivity index (χ1v) is 4.96. The Morgan fingerprint density at radius 3 is 2.62 bits per heavy atom. The maximum Gasteiger partial charge on any atom is 0.341 e. The smallest absolute Gasteiger partial charge is 0.341 e. The molecule has 0 aliphatic carbocycles.